The van der Waals surface area contributed by atoms with Crippen molar-refractivity contribution in [3.63, 3.8) is 0 Å². The molecule has 1 aliphatic heterocycles. The Balaban J connectivity index is 1.88. The molecular formula is C11H16N2O2. The molecule has 0 spiro atoms. The van der Waals surface area contributed by atoms with Crippen molar-refractivity contribution >= 4 is 0 Å². The molecule has 2 atom stereocenters. The monoisotopic (exact) mass is 208 g/mol. The van der Waals surface area contributed by atoms with E-state index in [4.69, 9.17) is 15.2 Å². The van der Waals surface area contributed by atoms with Crippen molar-refractivity contribution in [3.8, 4) is 0 Å². The molecular weight excluding hydrogens is 192 g/mol. The highest BCUT2D eigenvalue weighted by Gasteiger charge is 2.22. The van der Waals surface area contributed by atoms with Crippen molar-refractivity contribution in [1.29, 1.82) is 0 Å². The smallest absolute Gasteiger partial charge is 0.0963 e. The van der Waals surface area contributed by atoms with Gasteiger partial charge in [-0.15, -0.1) is 0 Å². The summed E-state index contributed by atoms with van der Waals surface area (Å²) < 4.78 is 10.8. The number of ether oxygens (including phenoxy) is 2. The van der Waals surface area contributed by atoms with Gasteiger partial charge in [-0.3, -0.25) is 4.98 Å². The average molecular weight is 208 g/mol. The van der Waals surface area contributed by atoms with Crippen LogP contribution in [0.4, 0.5) is 0 Å². The van der Waals surface area contributed by atoms with Gasteiger partial charge in [-0.1, -0.05) is 6.07 Å². The number of hydrogen-bond donors (Lipinski definition) is 1. The summed E-state index contributed by atoms with van der Waals surface area (Å²) in [6.45, 7) is 1.90. The second-order valence-corrected chi connectivity index (χ2v) is 3.67. The summed E-state index contributed by atoms with van der Waals surface area (Å²) in [5.41, 5.74) is 7.03. The van der Waals surface area contributed by atoms with Crippen LogP contribution in [-0.4, -0.2) is 37.0 Å². The van der Waals surface area contributed by atoms with Crippen LogP contribution in [0, 0.1) is 0 Å². The zero-order valence-corrected chi connectivity index (χ0v) is 8.63. The maximum absolute atomic E-state index is 6.04. The van der Waals surface area contributed by atoms with Crippen molar-refractivity contribution in [2.45, 2.75) is 18.6 Å². The van der Waals surface area contributed by atoms with Crippen molar-refractivity contribution in [2.24, 2.45) is 5.73 Å². The number of aromatic nitrogens is 1. The van der Waals surface area contributed by atoms with Crippen molar-refractivity contribution < 1.29 is 9.47 Å². The molecule has 1 aliphatic rings. The predicted octanol–water partition coefficient (Wildman–Crippen LogP) is 0.367. The van der Waals surface area contributed by atoms with E-state index >= 15 is 0 Å². The third-order valence-electron chi connectivity index (χ3n) is 2.49. The van der Waals surface area contributed by atoms with E-state index in [0.29, 0.717) is 19.8 Å². The van der Waals surface area contributed by atoms with Crippen molar-refractivity contribution in [1.82, 2.24) is 4.98 Å². The maximum atomic E-state index is 6.04. The van der Waals surface area contributed by atoms with Crippen LogP contribution in [-0.2, 0) is 15.9 Å². The number of nitrogens with zero attached hydrogens (tertiary/aromatic N) is 1. The summed E-state index contributed by atoms with van der Waals surface area (Å²) in [6, 6.07) is 5.80. The maximum Gasteiger partial charge on any atom is 0.0963 e. The fourth-order valence-corrected chi connectivity index (χ4v) is 1.65. The Hall–Kier alpha value is -0.970. The summed E-state index contributed by atoms with van der Waals surface area (Å²) in [7, 11) is 0. The van der Waals surface area contributed by atoms with E-state index < -0.39 is 0 Å². The summed E-state index contributed by atoms with van der Waals surface area (Å²) in [5.74, 6) is 0. The summed E-state index contributed by atoms with van der Waals surface area (Å²) >= 11 is 0. The first-order valence-electron chi connectivity index (χ1n) is 5.21. The Kier molecular flexibility index (Phi) is 3.66. The second kappa shape index (κ2) is 5.21. The SMILES string of the molecule is NC(Cc1ccccn1)C1COCCO1. The Morgan fingerprint density at radius 2 is 2.40 bits per heavy atom. The molecule has 1 saturated heterocycles. The molecule has 1 aromatic heterocycles. The minimum atomic E-state index is -0.0415. The highest BCUT2D eigenvalue weighted by molar-refractivity contribution is 5.05. The molecule has 4 nitrogen and oxygen atoms in total. The van der Waals surface area contributed by atoms with Crippen LogP contribution in [0.25, 0.3) is 0 Å². The topological polar surface area (TPSA) is 57.4 Å². The van der Waals surface area contributed by atoms with Gasteiger partial charge in [0.2, 0.25) is 0 Å². The lowest BCUT2D eigenvalue weighted by molar-refractivity contribution is -0.0968. The van der Waals surface area contributed by atoms with Gasteiger partial charge in [0.15, 0.2) is 0 Å². The van der Waals surface area contributed by atoms with Gasteiger partial charge in [0.1, 0.15) is 0 Å². The van der Waals surface area contributed by atoms with Gasteiger partial charge in [0.25, 0.3) is 0 Å². The molecule has 2 unspecified atom stereocenters. The first kappa shape index (κ1) is 10.5. The van der Waals surface area contributed by atoms with Crippen LogP contribution < -0.4 is 5.73 Å². The van der Waals surface area contributed by atoms with Crippen LogP contribution in [0.2, 0.25) is 0 Å². The third kappa shape index (κ3) is 2.99. The molecule has 1 aromatic rings. The van der Waals surface area contributed by atoms with E-state index in [-0.39, 0.29) is 12.1 Å². The van der Waals surface area contributed by atoms with E-state index in [1.54, 1.807) is 6.20 Å². The van der Waals surface area contributed by atoms with Crippen LogP contribution in [0.3, 0.4) is 0 Å². The van der Waals surface area contributed by atoms with E-state index in [2.05, 4.69) is 4.98 Å². The van der Waals surface area contributed by atoms with Gasteiger partial charge in [-0.2, -0.15) is 0 Å². The largest absolute Gasteiger partial charge is 0.376 e. The molecule has 1 fully saturated rings. The van der Waals surface area contributed by atoms with Crippen LogP contribution >= 0.6 is 0 Å². The lowest BCUT2D eigenvalue weighted by atomic mass is 10.1. The Bertz CT molecular complexity index is 286. The quantitative estimate of drug-likeness (QED) is 0.779. The molecule has 0 aliphatic carbocycles. The van der Waals surface area contributed by atoms with Gasteiger partial charge >= 0.3 is 0 Å². The zero-order chi connectivity index (χ0) is 10.5. The number of nitrogens with two attached hydrogens (primary N) is 1. The Labute approximate surface area is 89.4 Å². The van der Waals surface area contributed by atoms with Crippen LogP contribution in [0.15, 0.2) is 24.4 Å². The third-order valence-corrected chi connectivity index (χ3v) is 2.49. The predicted molar refractivity (Wildman–Crippen MR) is 56.5 cm³/mol. The minimum Gasteiger partial charge on any atom is -0.376 e. The molecule has 2 N–H and O–H groups in total. The van der Waals surface area contributed by atoms with Crippen molar-refractivity contribution in [3.05, 3.63) is 30.1 Å². The Morgan fingerprint density at radius 3 is 3.07 bits per heavy atom. The molecule has 0 radical (unpaired) electrons. The Morgan fingerprint density at radius 1 is 1.47 bits per heavy atom. The fraction of sp³-hybridized carbons (Fsp3) is 0.545. The summed E-state index contributed by atoms with van der Waals surface area (Å²) in [5, 5.41) is 0. The molecule has 0 aromatic carbocycles. The molecule has 0 bridgehead atoms. The molecule has 82 valence electrons. The first-order chi connectivity index (χ1) is 7.36. The van der Waals surface area contributed by atoms with Gasteiger partial charge in [-0.25, -0.2) is 0 Å². The fourth-order valence-electron chi connectivity index (χ4n) is 1.65. The normalized spacial score (nSPS) is 23.7. The molecule has 4 heteroatoms. The molecule has 2 rings (SSSR count). The lowest BCUT2D eigenvalue weighted by Crippen LogP contribution is -2.44. The number of pyridine rings is 1. The first-order valence-corrected chi connectivity index (χ1v) is 5.21. The van der Waals surface area contributed by atoms with E-state index in [0.717, 1.165) is 12.1 Å². The van der Waals surface area contributed by atoms with Gasteiger partial charge in [0.05, 0.1) is 25.9 Å². The molecule has 2 heterocycles. The zero-order valence-electron chi connectivity index (χ0n) is 8.63. The standard InChI is InChI=1S/C11H16N2O2/c12-10(11-8-14-5-6-15-11)7-9-3-1-2-4-13-9/h1-4,10-11H,5-8,12H2. The highest BCUT2D eigenvalue weighted by Crippen LogP contribution is 2.08. The van der Waals surface area contributed by atoms with Crippen molar-refractivity contribution in [2.75, 3.05) is 19.8 Å². The average Bonchev–Trinajstić information content (AvgIpc) is 2.31. The summed E-state index contributed by atoms with van der Waals surface area (Å²) in [4.78, 5) is 4.24. The summed E-state index contributed by atoms with van der Waals surface area (Å²) in [6.07, 6.45) is 2.51. The molecule has 15 heavy (non-hydrogen) atoms. The van der Waals surface area contributed by atoms with E-state index in [1.165, 1.54) is 0 Å². The highest BCUT2D eigenvalue weighted by atomic mass is 16.6. The van der Waals surface area contributed by atoms with Gasteiger partial charge < -0.3 is 15.2 Å². The van der Waals surface area contributed by atoms with Gasteiger partial charge in [0, 0.05) is 24.4 Å². The van der Waals surface area contributed by atoms with E-state index in [9.17, 15) is 0 Å². The van der Waals surface area contributed by atoms with E-state index in [1.807, 2.05) is 18.2 Å². The number of rotatable bonds is 3. The number of hydrogen-bond acceptors (Lipinski definition) is 4. The molecule has 0 saturated carbocycles. The van der Waals surface area contributed by atoms with Gasteiger partial charge in [-0.05, 0) is 12.1 Å². The molecule has 0 amide bonds. The lowest BCUT2D eigenvalue weighted by Gasteiger charge is -2.27. The minimum absolute atomic E-state index is 0.000700. The second-order valence-electron chi connectivity index (χ2n) is 3.67. The van der Waals surface area contributed by atoms with Crippen LogP contribution in [0.1, 0.15) is 5.69 Å². The van der Waals surface area contributed by atoms with Crippen LogP contribution in [0.5, 0.6) is 0 Å².